The van der Waals surface area contributed by atoms with Crippen molar-refractivity contribution in [2.24, 2.45) is 0 Å². The zero-order chi connectivity index (χ0) is 20.9. The molecule has 2 rings (SSSR count). The molecular weight excluding hydrogens is 431 g/mol. The highest BCUT2D eigenvalue weighted by molar-refractivity contribution is 6.18. The van der Waals surface area contributed by atoms with Crippen LogP contribution in [0.3, 0.4) is 0 Å². The van der Waals surface area contributed by atoms with Crippen LogP contribution in [0.2, 0.25) is 0 Å². The smallest absolute Gasteiger partial charge is 0.478 e. The Morgan fingerprint density at radius 1 is 0.704 bits per heavy atom. The van der Waals surface area contributed by atoms with Gasteiger partial charge in [-0.05, 0) is 0 Å². The van der Waals surface area contributed by atoms with Gasteiger partial charge in [-0.25, -0.2) is 13.2 Å². The number of alkyl halides is 9. The predicted molar refractivity (Wildman–Crippen MR) is 61.4 cm³/mol. The second kappa shape index (κ2) is 7.02. The summed E-state index contributed by atoms with van der Waals surface area (Å²) in [5, 5.41) is 0. The molecule has 1 radical (unpaired) electrons. The fourth-order valence-electron chi connectivity index (χ4n) is 2.37. The van der Waals surface area contributed by atoms with E-state index in [4.69, 9.17) is 0 Å². The Hall–Kier alpha value is -1.17. The highest BCUT2D eigenvalue weighted by Gasteiger charge is 2.51. The van der Waals surface area contributed by atoms with Gasteiger partial charge in [0.15, 0.2) is 17.5 Å². The molecule has 27 heavy (non-hydrogen) atoms. The molecule has 0 bridgehead atoms. The molecule has 2 unspecified atom stereocenters. The molecule has 1 fully saturated rings. The first kappa shape index (κ1) is 22.1. The lowest BCUT2D eigenvalue weighted by Crippen LogP contribution is -2.40. The third-order valence-electron chi connectivity index (χ3n) is 3.48. The second-order valence-electron chi connectivity index (χ2n) is 5.22. The van der Waals surface area contributed by atoms with E-state index >= 15 is 0 Å². The molecule has 0 N–H and O–H groups in total. The van der Waals surface area contributed by atoms with E-state index in [1.807, 2.05) is 0 Å². The molecule has 1 aromatic rings. The third kappa shape index (κ3) is 4.31. The summed E-state index contributed by atoms with van der Waals surface area (Å²) in [6.07, 6.45) is -24.0. The van der Waals surface area contributed by atoms with Crippen LogP contribution in [0.25, 0.3) is 0 Å². The van der Waals surface area contributed by atoms with Crippen molar-refractivity contribution in [3.8, 4) is 0 Å². The van der Waals surface area contributed by atoms with E-state index in [1.54, 1.807) is 0 Å². The molecule has 1 aliphatic rings. The van der Waals surface area contributed by atoms with E-state index in [1.165, 1.54) is 0 Å². The van der Waals surface area contributed by atoms with Crippen LogP contribution in [0.15, 0.2) is 0 Å². The first-order valence-electron chi connectivity index (χ1n) is 6.60. The minimum Gasteiger partial charge on any atom is -0.478 e. The van der Waals surface area contributed by atoms with Crippen molar-refractivity contribution in [3.05, 3.63) is 34.1 Å². The van der Waals surface area contributed by atoms with E-state index < -0.39 is 87.2 Å². The normalized spacial score (nSPS) is 21.9. The van der Waals surface area contributed by atoms with Gasteiger partial charge in [-0.1, -0.05) is 0 Å². The van der Waals surface area contributed by atoms with E-state index in [9.17, 15) is 52.7 Å². The lowest BCUT2D eigenvalue weighted by Gasteiger charge is -2.33. The molecule has 1 aliphatic heterocycles. The number of halogens is 12. The average Bonchev–Trinajstić information content (AvgIpc) is 2.47. The molecule has 151 valence electrons. The summed E-state index contributed by atoms with van der Waals surface area (Å²) in [7, 11) is 0. The summed E-state index contributed by atoms with van der Waals surface area (Å²) in [5.41, 5.74) is -8.15. The molecule has 0 saturated carbocycles. The van der Waals surface area contributed by atoms with Crippen LogP contribution in [0, 0.1) is 17.5 Å². The molecule has 0 aliphatic carbocycles. The summed E-state index contributed by atoms with van der Waals surface area (Å²) in [5.74, 6) is -9.02. The number of hydrogen-bond acceptors (Lipinski definition) is 2. The molecule has 1 heterocycles. The van der Waals surface area contributed by atoms with Gasteiger partial charge < -0.3 is 7.58 Å². The standard InChI is InChI=1S/C12H4F12O2.Al/c13-7-4(2(25)1-3(26)10(16,17)18)5(11(19,20)21)8(14)6(9(7)15)12(22,23)24;/h2-3H,1H2;/q-2;+2. The van der Waals surface area contributed by atoms with Gasteiger partial charge in [0.2, 0.25) is 0 Å². The summed E-state index contributed by atoms with van der Waals surface area (Å²) in [4.78, 5) is 0. The summed E-state index contributed by atoms with van der Waals surface area (Å²) >= 11 is -2.14. The van der Waals surface area contributed by atoms with Gasteiger partial charge in [0.25, 0.3) is 0 Å². The largest absolute Gasteiger partial charge is 0.669 e. The van der Waals surface area contributed by atoms with Crippen molar-refractivity contribution in [3.63, 3.8) is 0 Å². The van der Waals surface area contributed by atoms with E-state index in [0.717, 1.165) is 0 Å². The zero-order valence-corrected chi connectivity index (χ0v) is 13.4. The van der Waals surface area contributed by atoms with Gasteiger partial charge in [-0.3, -0.25) is 0 Å². The van der Waals surface area contributed by atoms with Crippen molar-refractivity contribution in [2.45, 2.75) is 37.2 Å². The molecule has 1 aromatic carbocycles. The van der Waals surface area contributed by atoms with Crippen LogP contribution in [0.5, 0.6) is 0 Å². The first-order chi connectivity index (χ1) is 12.1. The maximum atomic E-state index is 14.0. The highest BCUT2D eigenvalue weighted by Crippen LogP contribution is 2.47. The highest BCUT2D eigenvalue weighted by atomic mass is 27.2. The number of benzene rings is 1. The van der Waals surface area contributed by atoms with E-state index in [-0.39, 0.29) is 0 Å². The van der Waals surface area contributed by atoms with Crippen LogP contribution in [-0.4, -0.2) is 28.2 Å². The van der Waals surface area contributed by atoms with Gasteiger partial charge >= 0.3 is 34.4 Å². The maximum absolute atomic E-state index is 14.0. The maximum Gasteiger partial charge on any atom is 0.669 e. The quantitative estimate of drug-likeness (QED) is 0.348. The molecule has 2 nitrogen and oxygen atoms in total. The van der Waals surface area contributed by atoms with Gasteiger partial charge in [0.05, 0.1) is 6.10 Å². The Labute approximate surface area is 148 Å². The van der Waals surface area contributed by atoms with Crippen LogP contribution < -0.4 is 0 Å². The van der Waals surface area contributed by atoms with E-state index in [2.05, 4.69) is 7.58 Å². The van der Waals surface area contributed by atoms with Crippen LogP contribution >= 0.6 is 0 Å². The molecular formula is C12H4AlF12O2. The van der Waals surface area contributed by atoms with Crippen LogP contribution in [-0.2, 0) is 19.9 Å². The molecule has 2 atom stereocenters. The van der Waals surface area contributed by atoms with Crippen molar-refractivity contribution >= 4 is 15.9 Å². The molecule has 15 heteroatoms. The number of rotatable bonds is 1. The Morgan fingerprint density at radius 2 is 1.22 bits per heavy atom. The van der Waals surface area contributed by atoms with Crippen molar-refractivity contribution < 1.29 is 60.3 Å². The third-order valence-corrected chi connectivity index (χ3v) is 4.36. The summed E-state index contributed by atoms with van der Waals surface area (Å²) < 4.78 is 165. The van der Waals surface area contributed by atoms with Gasteiger partial charge in [-0.2, -0.15) is 39.5 Å². The van der Waals surface area contributed by atoms with E-state index in [0.29, 0.717) is 0 Å². The minimum atomic E-state index is -6.04. The van der Waals surface area contributed by atoms with Crippen LogP contribution in [0.1, 0.15) is 29.2 Å². The van der Waals surface area contributed by atoms with Gasteiger partial charge in [0.1, 0.15) is 17.2 Å². The Balaban J connectivity index is 2.73. The Morgan fingerprint density at radius 3 is 1.67 bits per heavy atom. The topological polar surface area (TPSA) is 18.5 Å². The first-order valence-corrected chi connectivity index (χ1v) is 7.55. The SMILES string of the molecule is Fc1c(F)c(C(F)(F)F)c(F)c(C(F)(F)F)c1C1CC(C(F)(F)F)[O][Al][O]1. The molecule has 0 amide bonds. The fourth-order valence-corrected chi connectivity index (χ4v) is 3.22. The summed E-state index contributed by atoms with van der Waals surface area (Å²) in [6, 6.07) is 0. The van der Waals surface area contributed by atoms with Gasteiger partial charge in [-0.15, -0.1) is 0 Å². The van der Waals surface area contributed by atoms with Crippen molar-refractivity contribution in [2.75, 3.05) is 0 Å². The summed E-state index contributed by atoms with van der Waals surface area (Å²) in [6.45, 7) is 0. The molecule has 1 saturated heterocycles. The number of hydrogen-bond donors (Lipinski definition) is 0. The monoisotopic (exact) mass is 435 g/mol. The minimum absolute atomic E-state index is 1.54. The predicted octanol–water partition coefficient (Wildman–Crippen LogP) is 5.08. The fraction of sp³-hybridized carbons (Fsp3) is 0.500. The zero-order valence-electron chi connectivity index (χ0n) is 12.3. The lowest BCUT2D eigenvalue weighted by molar-refractivity contribution is -0.215. The lowest BCUT2D eigenvalue weighted by atomic mass is 9.93. The second-order valence-corrected chi connectivity index (χ2v) is 5.96. The Bertz CT molecular complexity index is 723. The molecule has 0 spiro atoms. The van der Waals surface area contributed by atoms with Crippen molar-refractivity contribution in [1.29, 1.82) is 0 Å². The van der Waals surface area contributed by atoms with Crippen LogP contribution in [0.4, 0.5) is 52.7 Å². The van der Waals surface area contributed by atoms with Gasteiger partial charge in [0, 0.05) is 12.0 Å². The average molecular weight is 435 g/mol. The molecule has 0 aromatic heterocycles. The Kier molecular flexibility index (Phi) is 5.75. The van der Waals surface area contributed by atoms with Crippen molar-refractivity contribution in [1.82, 2.24) is 0 Å².